The summed E-state index contributed by atoms with van der Waals surface area (Å²) in [7, 11) is -9.89. The van der Waals surface area contributed by atoms with E-state index in [-0.39, 0.29) is 25.7 Å². The van der Waals surface area contributed by atoms with Crippen LogP contribution in [0.4, 0.5) is 0 Å². The minimum atomic E-state index is -4.95. The number of carbonyl (C=O) groups is 4. The summed E-state index contributed by atoms with van der Waals surface area (Å²) < 4.78 is 68.0. The molecule has 0 rings (SSSR count). The normalized spacial score (nSPS) is 14.5. The molecule has 0 aromatic carbocycles. The highest BCUT2D eigenvalue weighted by Crippen LogP contribution is 2.45. The second kappa shape index (κ2) is 60.3. The Morgan fingerprint density at radius 3 is 0.874 bits per heavy atom. The average molecular weight is 1280 g/mol. The van der Waals surface area contributed by atoms with E-state index in [1.165, 1.54) is 154 Å². The molecule has 87 heavy (non-hydrogen) atoms. The Labute approximate surface area is 530 Å². The van der Waals surface area contributed by atoms with Gasteiger partial charge < -0.3 is 33.8 Å². The molecular weight excluding hydrogens is 1150 g/mol. The molecule has 0 aliphatic rings. The Hall–Kier alpha value is -1.94. The molecule has 0 bridgehead atoms. The van der Waals surface area contributed by atoms with Crippen LogP contribution in [0.1, 0.15) is 343 Å². The molecule has 0 aliphatic heterocycles. The van der Waals surface area contributed by atoms with Crippen LogP contribution >= 0.6 is 15.6 Å². The van der Waals surface area contributed by atoms with Crippen molar-refractivity contribution in [2.45, 2.75) is 362 Å². The summed E-state index contributed by atoms with van der Waals surface area (Å²) in [5, 5.41) is 10.5. The maximum Gasteiger partial charge on any atom is 0.472 e. The molecule has 0 aromatic heterocycles. The minimum absolute atomic E-state index is 0.104. The average Bonchev–Trinajstić information content (AvgIpc) is 3.68. The van der Waals surface area contributed by atoms with Gasteiger partial charge in [-0.25, -0.2) is 9.13 Å². The molecule has 516 valence electrons. The van der Waals surface area contributed by atoms with Gasteiger partial charge in [0.05, 0.1) is 26.4 Å². The Bertz CT molecular complexity index is 1700. The Balaban J connectivity index is 5.17. The summed E-state index contributed by atoms with van der Waals surface area (Å²) in [5.41, 5.74) is 0. The van der Waals surface area contributed by atoms with Crippen LogP contribution in [-0.2, 0) is 65.4 Å². The number of aliphatic hydroxyl groups is 1. The monoisotopic (exact) mass is 1280 g/mol. The molecule has 6 atom stereocenters. The summed E-state index contributed by atoms with van der Waals surface area (Å²) in [5.74, 6) is -0.573. The zero-order chi connectivity index (χ0) is 64.3. The summed E-state index contributed by atoms with van der Waals surface area (Å²) in [4.78, 5) is 72.2. The fraction of sp³-hybridized carbons (Fsp3) is 0.941. The quantitative estimate of drug-likeness (QED) is 0.0222. The maximum absolute atomic E-state index is 13.0. The third-order valence-corrected chi connectivity index (χ3v) is 18.0. The number of phosphoric ester groups is 2. The smallest absolute Gasteiger partial charge is 0.462 e. The lowest BCUT2D eigenvalue weighted by Gasteiger charge is -2.21. The fourth-order valence-corrected chi connectivity index (χ4v) is 11.8. The number of carbonyl (C=O) groups excluding carboxylic acids is 4. The lowest BCUT2D eigenvalue weighted by Crippen LogP contribution is -2.30. The van der Waals surface area contributed by atoms with E-state index in [9.17, 15) is 43.2 Å². The number of unbranched alkanes of at least 4 members (excludes halogenated alkanes) is 36. The molecule has 3 unspecified atom stereocenters. The van der Waals surface area contributed by atoms with Crippen molar-refractivity contribution >= 4 is 39.5 Å². The summed E-state index contributed by atoms with van der Waals surface area (Å²) in [6, 6.07) is 0. The predicted octanol–water partition coefficient (Wildman–Crippen LogP) is 19.2. The van der Waals surface area contributed by atoms with Gasteiger partial charge in [0.25, 0.3) is 0 Å². The summed E-state index contributed by atoms with van der Waals surface area (Å²) in [6.07, 6.45) is 44.7. The summed E-state index contributed by atoms with van der Waals surface area (Å²) >= 11 is 0. The van der Waals surface area contributed by atoms with Crippen molar-refractivity contribution in [3.63, 3.8) is 0 Å². The molecule has 0 fully saturated rings. The first-order valence-corrected chi connectivity index (χ1v) is 38.5. The van der Waals surface area contributed by atoms with E-state index in [2.05, 4.69) is 41.5 Å². The van der Waals surface area contributed by atoms with Crippen molar-refractivity contribution in [1.82, 2.24) is 0 Å². The van der Waals surface area contributed by atoms with E-state index in [0.717, 1.165) is 108 Å². The van der Waals surface area contributed by atoms with E-state index in [4.69, 9.17) is 37.0 Å². The minimum Gasteiger partial charge on any atom is -0.462 e. The van der Waals surface area contributed by atoms with Crippen molar-refractivity contribution < 1.29 is 80.2 Å². The van der Waals surface area contributed by atoms with Crippen LogP contribution < -0.4 is 0 Å². The number of ether oxygens (including phenoxy) is 4. The molecule has 0 aromatic rings. The van der Waals surface area contributed by atoms with Gasteiger partial charge in [-0.05, 0) is 37.5 Å². The number of hydrogen-bond acceptors (Lipinski definition) is 15. The highest BCUT2D eigenvalue weighted by Gasteiger charge is 2.30. The van der Waals surface area contributed by atoms with Gasteiger partial charge in [0.1, 0.15) is 19.3 Å². The van der Waals surface area contributed by atoms with Crippen molar-refractivity contribution in [3.8, 4) is 0 Å². The molecule has 0 heterocycles. The fourth-order valence-electron chi connectivity index (χ4n) is 10.2. The lowest BCUT2D eigenvalue weighted by atomic mass is 9.99. The van der Waals surface area contributed by atoms with Crippen LogP contribution in [0.5, 0.6) is 0 Å². The second-order valence-electron chi connectivity index (χ2n) is 25.3. The number of phosphoric acid groups is 2. The molecule has 0 radical (unpaired) electrons. The molecule has 19 heteroatoms. The van der Waals surface area contributed by atoms with Crippen LogP contribution in [-0.4, -0.2) is 96.7 Å². The third-order valence-electron chi connectivity index (χ3n) is 16.1. The molecule has 3 N–H and O–H groups in total. The predicted molar refractivity (Wildman–Crippen MR) is 349 cm³/mol. The molecule has 0 saturated carbocycles. The molecule has 0 amide bonds. The van der Waals surface area contributed by atoms with Gasteiger partial charge in [-0.3, -0.25) is 37.3 Å². The first kappa shape index (κ1) is 85.1. The highest BCUT2D eigenvalue weighted by molar-refractivity contribution is 7.47. The van der Waals surface area contributed by atoms with E-state index in [0.29, 0.717) is 25.7 Å². The topological polar surface area (TPSA) is 237 Å². The Kier molecular flexibility index (Phi) is 59.0. The molecule has 0 saturated heterocycles. The van der Waals surface area contributed by atoms with Crippen LogP contribution in [0.3, 0.4) is 0 Å². The number of esters is 4. The standard InChI is InChI=1S/C68H132O17P2/c1-7-10-12-14-15-16-17-20-24-27-33-39-45-51-66(71)79-57-64(85-67(72)52-46-40-34-28-25-22-19-18-21-23-26-31-37-42-48-60(4)5)59-83-87(76,77)81-55-62(69)54-80-86(74,75)82-58-63(56-78-65(70)50-44-36-13-11-8-2)84-68(73)53-47-41-35-30-29-32-38-43-49-61(6)9-3/h60-64,69H,7-59H2,1-6H3,(H,74,75)(H,76,77)/t61?,62-,63+,64+/m0/s1. The van der Waals surface area contributed by atoms with Gasteiger partial charge in [-0.1, -0.05) is 292 Å². The first-order chi connectivity index (χ1) is 41.9. The molecular formula is C68H132O17P2. The highest BCUT2D eigenvalue weighted by atomic mass is 31.2. The van der Waals surface area contributed by atoms with Crippen LogP contribution in [0.2, 0.25) is 0 Å². The van der Waals surface area contributed by atoms with Crippen molar-refractivity contribution in [1.29, 1.82) is 0 Å². The molecule has 0 aliphatic carbocycles. The lowest BCUT2D eigenvalue weighted by molar-refractivity contribution is -0.161. The van der Waals surface area contributed by atoms with E-state index in [1.54, 1.807) is 0 Å². The van der Waals surface area contributed by atoms with Crippen molar-refractivity contribution in [2.75, 3.05) is 39.6 Å². The van der Waals surface area contributed by atoms with Gasteiger partial charge in [0.15, 0.2) is 12.2 Å². The maximum atomic E-state index is 13.0. The van der Waals surface area contributed by atoms with Gasteiger partial charge in [0, 0.05) is 25.7 Å². The molecule has 0 spiro atoms. The second-order valence-corrected chi connectivity index (χ2v) is 28.2. The third kappa shape index (κ3) is 61.3. The SMILES string of the molecule is CCCCCCCCCCCCCCCC(=O)OC[C@H](COP(=O)(O)OC[C@@H](O)COP(=O)(O)OC[C@@H](COC(=O)CCCCCCC)OC(=O)CCCCCCCCCCC(C)CC)OC(=O)CCCCCCCCCCCCCCCCC(C)C. The van der Waals surface area contributed by atoms with Gasteiger partial charge >= 0.3 is 39.5 Å². The van der Waals surface area contributed by atoms with E-state index >= 15 is 0 Å². The number of hydrogen-bond donors (Lipinski definition) is 3. The largest absolute Gasteiger partial charge is 0.472 e. The first-order valence-electron chi connectivity index (χ1n) is 35.5. The molecule has 17 nitrogen and oxygen atoms in total. The zero-order valence-corrected chi connectivity index (χ0v) is 58.1. The van der Waals surface area contributed by atoms with Gasteiger partial charge in [-0.2, -0.15) is 0 Å². The Morgan fingerprint density at radius 1 is 0.333 bits per heavy atom. The van der Waals surface area contributed by atoms with Crippen molar-refractivity contribution in [3.05, 3.63) is 0 Å². The van der Waals surface area contributed by atoms with Gasteiger partial charge in [0.2, 0.25) is 0 Å². The summed E-state index contributed by atoms with van der Waals surface area (Å²) in [6.45, 7) is 9.46. The Morgan fingerprint density at radius 2 is 0.586 bits per heavy atom. The van der Waals surface area contributed by atoms with Crippen LogP contribution in [0.25, 0.3) is 0 Å². The van der Waals surface area contributed by atoms with E-state index < -0.39 is 97.5 Å². The number of rotatable bonds is 67. The number of aliphatic hydroxyl groups excluding tert-OH is 1. The van der Waals surface area contributed by atoms with E-state index in [1.807, 2.05) is 0 Å². The zero-order valence-electron chi connectivity index (χ0n) is 56.3. The van der Waals surface area contributed by atoms with Crippen LogP contribution in [0, 0.1) is 11.8 Å². The van der Waals surface area contributed by atoms with Crippen LogP contribution in [0.15, 0.2) is 0 Å². The van der Waals surface area contributed by atoms with Crippen molar-refractivity contribution in [2.24, 2.45) is 11.8 Å². The van der Waals surface area contributed by atoms with Gasteiger partial charge in [-0.15, -0.1) is 0 Å².